The number of aryl methyl sites for hydroxylation is 2. The molecular formula is C18H21N3O2S. The smallest absolute Gasteiger partial charge is 0.321 e. The van der Waals surface area contributed by atoms with E-state index in [0.717, 1.165) is 11.3 Å². The second kappa shape index (κ2) is 6.65. The van der Waals surface area contributed by atoms with E-state index in [9.17, 15) is 9.59 Å². The molecule has 0 saturated carbocycles. The second-order valence-electron chi connectivity index (χ2n) is 6.00. The van der Waals surface area contributed by atoms with E-state index in [1.54, 1.807) is 34.4 Å². The Morgan fingerprint density at radius 1 is 1.33 bits per heavy atom. The predicted octanol–water partition coefficient (Wildman–Crippen LogP) is 3.39. The monoisotopic (exact) mass is 343 g/mol. The fraction of sp³-hybridized carbons (Fsp3) is 0.333. The highest BCUT2D eigenvalue weighted by Gasteiger charge is 2.22. The zero-order valence-corrected chi connectivity index (χ0v) is 14.9. The Balaban J connectivity index is 1.75. The summed E-state index contributed by atoms with van der Waals surface area (Å²) in [6, 6.07) is 9.13. The van der Waals surface area contributed by atoms with E-state index in [2.05, 4.69) is 30.5 Å². The third-order valence-corrected chi connectivity index (χ3v) is 5.15. The highest BCUT2D eigenvalue weighted by Crippen LogP contribution is 2.26. The molecule has 1 aromatic carbocycles. The Kier molecular flexibility index (Phi) is 4.57. The third kappa shape index (κ3) is 3.28. The van der Waals surface area contributed by atoms with Gasteiger partial charge in [-0.1, -0.05) is 6.07 Å². The maximum absolute atomic E-state index is 12.6. The number of rotatable bonds is 4. The minimum absolute atomic E-state index is 0.0545. The molecule has 126 valence electrons. The van der Waals surface area contributed by atoms with Gasteiger partial charge in [0.2, 0.25) is 0 Å². The number of nitrogens with one attached hydrogen (secondary N) is 2. The molecule has 2 aromatic rings. The Hall–Kier alpha value is -2.34. The van der Waals surface area contributed by atoms with Gasteiger partial charge in [0.25, 0.3) is 5.91 Å². The molecule has 24 heavy (non-hydrogen) atoms. The summed E-state index contributed by atoms with van der Waals surface area (Å²) in [6.07, 6.45) is 0. The van der Waals surface area contributed by atoms with E-state index in [0.29, 0.717) is 18.7 Å². The number of hydrogen-bond acceptors (Lipinski definition) is 3. The number of thiophene rings is 1. The molecule has 1 aromatic heterocycles. The van der Waals surface area contributed by atoms with Crippen LogP contribution in [0.15, 0.2) is 30.3 Å². The third-order valence-electron chi connectivity index (χ3n) is 4.17. The molecule has 3 amide bonds. The van der Waals surface area contributed by atoms with Crippen molar-refractivity contribution in [3.63, 3.8) is 0 Å². The van der Waals surface area contributed by atoms with Gasteiger partial charge in [-0.15, -0.1) is 11.3 Å². The molecule has 1 aliphatic rings. The van der Waals surface area contributed by atoms with E-state index in [1.807, 2.05) is 13.0 Å². The SMILES string of the molecule is Cc1cc(C(C)NC(=O)c2cccc(N3CCNC3=O)c2)c(C)s1. The summed E-state index contributed by atoms with van der Waals surface area (Å²) in [7, 11) is 0. The van der Waals surface area contributed by atoms with Gasteiger partial charge in [-0.3, -0.25) is 9.69 Å². The molecule has 1 aliphatic heterocycles. The van der Waals surface area contributed by atoms with E-state index < -0.39 is 0 Å². The molecule has 2 heterocycles. The lowest BCUT2D eigenvalue weighted by molar-refractivity contribution is 0.0940. The van der Waals surface area contributed by atoms with Crippen LogP contribution in [0, 0.1) is 13.8 Å². The van der Waals surface area contributed by atoms with Crippen molar-refractivity contribution in [2.24, 2.45) is 0 Å². The van der Waals surface area contributed by atoms with Crippen molar-refractivity contribution < 1.29 is 9.59 Å². The van der Waals surface area contributed by atoms with Crippen molar-refractivity contribution in [3.8, 4) is 0 Å². The van der Waals surface area contributed by atoms with Crippen LogP contribution >= 0.6 is 11.3 Å². The fourth-order valence-electron chi connectivity index (χ4n) is 2.97. The van der Waals surface area contributed by atoms with Crippen LogP contribution in [0.5, 0.6) is 0 Å². The van der Waals surface area contributed by atoms with Crippen LogP contribution in [-0.4, -0.2) is 25.0 Å². The average Bonchev–Trinajstić information content (AvgIpc) is 3.12. The Bertz CT molecular complexity index is 784. The van der Waals surface area contributed by atoms with Crippen LogP contribution in [-0.2, 0) is 0 Å². The first kappa shape index (κ1) is 16.5. The van der Waals surface area contributed by atoms with Crippen molar-refractivity contribution in [1.29, 1.82) is 0 Å². The lowest BCUT2D eigenvalue weighted by atomic mass is 10.1. The molecule has 0 aliphatic carbocycles. The molecule has 5 nitrogen and oxygen atoms in total. The lowest BCUT2D eigenvalue weighted by Gasteiger charge is -2.17. The first-order valence-electron chi connectivity index (χ1n) is 7.99. The van der Waals surface area contributed by atoms with Crippen LogP contribution in [0.3, 0.4) is 0 Å². The molecular weight excluding hydrogens is 322 g/mol. The first-order chi connectivity index (χ1) is 11.5. The van der Waals surface area contributed by atoms with Crippen molar-refractivity contribution in [3.05, 3.63) is 51.2 Å². The molecule has 2 N–H and O–H groups in total. The van der Waals surface area contributed by atoms with E-state index in [1.165, 1.54) is 9.75 Å². The summed E-state index contributed by atoms with van der Waals surface area (Å²) in [5.41, 5.74) is 2.46. The molecule has 1 saturated heterocycles. The van der Waals surface area contributed by atoms with Crippen LogP contribution < -0.4 is 15.5 Å². The summed E-state index contributed by atoms with van der Waals surface area (Å²) >= 11 is 1.74. The quantitative estimate of drug-likeness (QED) is 0.894. The minimum atomic E-state index is -0.132. The van der Waals surface area contributed by atoms with Gasteiger partial charge >= 0.3 is 6.03 Å². The van der Waals surface area contributed by atoms with Gasteiger partial charge < -0.3 is 10.6 Å². The Labute approximate surface area is 145 Å². The van der Waals surface area contributed by atoms with Gasteiger partial charge in [0.05, 0.1) is 6.04 Å². The van der Waals surface area contributed by atoms with E-state index in [4.69, 9.17) is 0 Å². The summed E-state index contributed by atoms with van der Waals surface area (Å²) < 4.78 is 0. The van der Waals surface area contributed by atoms with E-state index >= 15 is 0 Å². The summed E-state index contributed by atoms with van der Waals surface area (Å²) in [6.45, 7) is 7.38. The maximum Gasteiger partial charge on any atom is 0.321 e. The minimum Gasteiger partial charge on any atom is -0.345 e. The van der Waals surface area contributed by atoms with Gasteiger partial charge in [0, 0.05) is 34.1 Å². The molecule has 0 bridgehead atoms. The number of anilines is 1. The normalized spacial score (nSPS) is 15.3. The van der Waals surface area contributed by atoms with Crippen molar-refractivity contribution in [1.82, 2.24) is 10.6 Å². The zero-order valence-electron chi connectivity index (χ0n) is 14.1. The number of nitrogens with zero attached hydrogens (tertiary/aromatic N) is 1. The molecule has 1 unspecified atom stereocenters. The van der Waals surface area contributed by atoms with Crippen LogP contribution in [0.25, 0.3) is 0 Å². The molecule has 0 radical (unpaired) electrons. The highest BCUT2D eigenvalue weighted by atomic mass is 32.1. The van der Waals surface area contributed by atoms with Crippen LogP contribution in [0.1, 0.15) is 38.6 Å². The summed E-state index contributed by atoms with van der Waals surface area (Å²) in [5, 5.41) is 5.81. The summed E-state index contributed by atoms with van der Waals surface area (Å²) in [4.78, 5) is 28.5. The first-order valence-corrected chi connectivity index (χ1v) is 8.80. The van der Waals surface area contributed by atoms with Gasteiger partial charge in [0.15, 0.2) is 0 Å². The molecule has 0 spiro atoms. The molecule has 6 heteroatoms. The maximum atomic E-state index is 12.6. The van der Waals surface area contributed by atoms with Gasteiger partial charge in [-0.25, -0.2) is 4.79 Å². The standard InChI is InChI=1S/C18H21N3O2S/c1-11-9-16(13(3)24-11)12(2)20-17(22)14-5-4-6-15(10-14)21-8-7-19-18(21)23/h4-6,9-10,12H,7-8H2,1-3H3,(H,19,23)(H,20,22). The molecule has 3 rings (SSSR count). The van der Waals surface area contributed by atoms with E-state index in [-0.39, 0.29) is 18.0 Å². The predicted molar refractivity (Wildman–Crippen MR) is 96.9 cm³/mol. The largest absolute Gasteiger partial charge is 0.345 e. The Morgan fingerprint density at radius 3 is 2.75 bits per heavy atom. The van der Waals surface area contributed by atoms with Crippen molar-refractivity contribution >= 4 is 29.0 Å². The van der Waals surface area contributed by atoms with Gasteiger partial charge in [0.1, 0.15) is 0 Å². The number of benzene rings is 1. The van der Waals surface area contributed by atoms with Crippen molar-refractivity contribution in [2.45, 2.75) is 26.8 Å². The number of carbonyl (C=O) groups excluding carboxylic acids is 2. The van der Waals surface area contributed by atoms with Crippen LogP contribution in [0.2, 0.25) is 0 Å². The van der Waals surface area contributed by atoms with Crippen LogP contribution in [0.4, 0.5) is 10.5 Å². The number of hydrogen-bond donors (Lipinski definition) is 2. The average molecular weight is 343 g/mol. The molecule has 1 fully saturated rings. The number of urea groups is 1. The lowest BCUT2D eigenvalue weighted by Crippen LogP contribution is -2.29. The Morgan fingerprint density at radius 2 is 2.12 bits per heavy atom. The van der Waals surface area contributed by atoms with Gasteiger partial charge in [-0.05, 0) is 50.6 Å². The molecule has 1 atom stereocenters. The topological polar surface area (TPSA) is 61.4 Å². The second-order valence-corrected chi connectivity index (χ2v) is 7.46. The number of carbonyl (C=O) groups is 2. The van der Waals surface area contributed by atoms with Crippen molar-refractivity contribution in [2.75, 3.05) is 18.0 Å². The van der Waals surface area contributed by atoms with Gasteiger partial charge in [-0.2, -0.15) is 0 Å². The number of amides is 3. The highest BCUT2D eigenvalue weighted by molar-refractivity contribution is 7.12. The fourth-order valence-corrected chi connectivity index (χ4v) is 3.99. The zero-order chi connectivity index (χ0) is 17.3. The summed E-state index contributed by atoms with van der Waals surface area (Å²) in [5.74, 6) is -0.132.